The van der Waals surface area contributed by atoms with E-state index in [1.807, 2.05) is 0 Å². The SMILES string of the molecule is C=C(C)C1CN(CC)CC1N. The van der Waals surface area contributed by atoms with E-state index in [9.17, 15) is 0 Å². The molecule has 0 radical (unpaired) electrons. The second kappa shape index (κ2) is 3.37. The Kier molecular flexibility index (Phi) is 2.68. The summed E-state index contributed by atoms with van der Waals surface area (Å²) in [5, 5.41) is 0. The van der Waals surface area contributed by atoms with Crippen LogP contribution in [-0.4, -0.2) is 30.6 Å². The molecule has 2 heteroatoms. The zero-order valence-corrected chi connectivity index (χ0v) is 7.51. The van der Waals surface area contributed by atoms with Crippen LogP contribution in [0.1, 0.15) is 13.8 Å². The molecule has 2 atom stereocenters. The predicted molar refractivity (Wildman–Crippen MR) is 48.4 cm³/mol. The molecule has 0 amide bonds. The van der Waals surface area contributed by atoms with Gasteiger partial charge in [-0.05, 0) is 13.5 Å². The smallest absolute Gasteiger partial charge is 0.0246 e. The van der Waals surface area contributed by atoms with E-state index >= 15 is 0 Å². The van der Waals surface area contributed by atoms with E-state index < -0.39 is 0 Å². The normalized spacial score (nSPS) is 32.6. The quantitative estimate of drug-likeness (QED) is 0.597. The van der Waals surface area contributed by atoms with Gasteiger partial charge in [-0.15, -0.1) is 0 Å². The van der Waals surface area contributed by atoms with Gasteiger partial charge in [-0.3, -0.25) is 0 Å². The maximum absolute atomic E-state index is 5.94. The van der Waals surface area contributed by atoms with Gasteiger partial charge in [0.15, 0.2) is 0 Å². The van der Waals surface area contributed by atoms with Crippen LogP contribution in [0, 0.1) is 5.92 Å². The van der Waals surface area contributed by atoms with Crippen molar-refractivity contribution < 1.29 is 0 Å². The zero-order valence-electron chi connectivity index (χ0n) is 7.51. The summed E-state index contributed by atoms with van der Waals surface area (Å²) in [5.74, 6) is 0.523. The number of likely N-dealkylation sites (tertiary alicyclic amines) is 1. The van der Waals surface area contributed by atoms with Gasteiger partial charge < -0.3 is 10.6 Å². The van der Waals surface area contributed by atoms with E-state index in [1.54, 1.807) is 0 Å². The Morgan fingerprint density at radius 3 is 2.55 bits per heavy atom. The van der Waals surface area contributed by atoms with Crippen molar-refractivity contribution in [3.63, 3.8) is 0 Å². The van der Waals surface area contributed by atoms with Gasteiger partial charge in [-0.25, -0.2) is 0 Å². The molecule has 64 valence electrons. The molecule has 1 heterocycles. The Labute approximate surface area is 69.1 Å². The lowest BCUT2D eigenvalue weighted by Crippen LogP contribution is -2.29. The second-order valence-corrected chi connectivity index (χ2v) is 3.47. The molecule has 1 saturated heterocycles. The maximum Gasteiger partial charge on any atom is 0.0246 e. The number of likely N-dealkylation sites (N-methyl/N-ethyl adjacent to an activating group) is 1. The highest BCUT2D eigenvalue weighted by molar-refractivity contribution is 5.06. The van der Waals surface area contributed by atoms with Gasteiger partial charge in [-0.1, -0.05) is 19.1 Å². The number of hydrogen-bond donors (Lipinski definition) is 1. The average molecular weight is 154 g/mol. The first-order valence-corrected chi connectivity index (χ1v) is 4.28. The van der Waals surface area contributed by atoms with E-state index in [0.717, 1.165) is 19.6 Å². The van der Waals surface area contributed by atoms with Crippen LogP contribution < -0.4 is 5.73 Å². The minimum Gasteiger partial charge on any atom is -0.326 e. The third kappa shape index (κ3) is 1.82. The van der Waals surface area contributed by atoms with Crippen LogP contribution in [0.4, 0.5) is 0 Å². The first kappa shape index (κ1) is 8.75. The van der Waals surface area contributed by atoms with Gasteiger partial charge in [0.25, 0.3) is 0 Å². The lowest BCUT2D eigenvalue weighted by atomic mass is 9.98. The standard InChI is InChI=1S/C9H18N2/c1-4-11-5-8(7(2)3)9(10)6-11/h8-9H,2,4-6,10H2,1,3H3. The molecule has 11 heavy (non-hydrogen) atoms. The fraction of sp³-hybridized carbons (Fsp3) is 0.778. The molecule has 2 nitrogen and oxygen atoms in total. The number of hydrogen-bond acceptors (Lipinski definition) is 2. The first-order chi connectivity index (χ1) is 5.15. The van der Waals surface area contributed by atoms with Crippen molar-refractivity contribution >= 4 is 0 Å². The minimum atomic E-state index is 0.312. The molecule has 2 N–H and O–H groups in total. The lowest BCUT2D eigenvalue weighted by molar-refractivity contribution is 0.347. The van der Waals surface area contributed by atoms with Crippen LogP contribution in [0.3, 0.4) is 0 Å². The molecule has 0 bridgehead atoms. The minimum absolute atomic E-state index is 0.312. The number of nitrogens with two attached hydrogens (primary N) is 1. The lowest BCUT2D eigenvalue weighted by Gasteiger charge is -2.13. The molecular weight excluding hydrogens is 136 g/mol. The molecular formula is C9H18N2. The van der Waals surface area contributed by atoms with Crippen molar-refractivity contribution in [2.24, 2.45) is 11.7 Å². The van der Waals surface area contributed by atoms with Crippen molar-refractivity contribution in [2.75, 3.05) is 19.6 Å². The molecule has 1 fully saturated rings. The molecule has 0 spiro atoms. The monoisotopic (exact) mass is 154 g/mol. The second-order valence-electron chi connectivity index (χ2n) is 3.47. The van der Waals surface area contributed by atoms with Gasteiger partial charge in [0.1, 0.15) is 0 Å². The first-order valence-electron chi connectivity index (χ1n) is 4.28. The van der Waals surface area contributed by atoms with Crippen LogP contribution in [0.25, 0.3) is 0 Å². The van der Waals surface area contributed by atoms with Crippen molar-refractivity contribution in [1.29, 1.82) is 0 Å². The van der Waals surface area contributed by atoms with Crippen LogP contribution in [0.2, 0.25) is 0 Å². The van der Waals surface area contributed by atoms with Crippen molar-refractivity contribution in [2.45, 2.75) is 19.9 Å². The van der Waals surface area contributed by atoms with E-state index in [4.69, 9.17) is 5.73 Å². The van der Waals surface area contributed by atoms with E-state index in [0.29, 0.717) is 12.0 Å². The summed E-state index contributed by atoms with van der Waals surface area (Å²) in [5.41, 5.74) is 7.17. The Morgan fingerprint density at radius 2 is 2.27 bits per heavy atom. The van der Waals surface area contributed by atoms with Crippen LogP contribution in [0.5, 0.6) is 0 Å². The third-order valence-corrected chi connectivity index (χ3v) is 2.52. The Bertz CT molecular complexity index is 154. The molecule has 0 saturated carbocycles. The zero-order chi connectivity index (χ0) is 8.43. The Balaban J connectivity index is 2.51. The molecule has 2 unspecified atom stereocenters. The van der Waals surface area contributed by atoms with E-state index in [2.05, 4.69) is 25.3 Å². The summed E-state index contributed by atoms with van der Waals surface area (Å²) in [6, 6.07) is 0.312. The highest BCUT2D eigenvalue weighted by Gasteiger charge is 2.28. The molecule has 0 aromatic heterocycles. The van der Waals surface area contributed by atoms with Crippen LogP contribution in [0.15, 0.2) is 12.2 Å². The van der Waals surface area contributed by atoms with Gasteiger partial charge in [0, 0.05) is 25.0 Å². The Hall–Kier alpha value is -0.340. The number of rotatable bonds is 2. The molecule has 0 aromatic rings. The van der Waals surface area contributed by atoms with Gasteiger partial charge in [0.05, 0.1) is 0 Å². The molecule has 1 aliphatic heterocycles. The predicted octanol–water partition coefficient (Wildman–Crippen LogP) is 0.841. The average Bonchev–Trinajstić information content (AvgIpc) is 2.30. The highest BCUT2D eigenvalue weighted by atomic mass is 15.2. The van der Waals surface area contributed by atoms with E-state index in [1.165, 1.54) is 5.57 Å². The summed E-state index contributed by atoms with van der Waals surface area (Å²) >= 11 is 0. The summed E-state index contributed by atoms with van der Waals surface area (Å²) in [6.45, 7) is 11.4. The fourth-order valence-electron chi connectivity index (χ4n) is 1.69. The Morgan fingerprint density at radius 1 is 1.64 bits per heavy atom. The number of nitrogens with zero attached hydrogens (tertiary/aromatic N) is 1. The van der Waals surface area contributed by atoms with Crippen molar-refractivity contribution in [3.8, 4) is 0 Å². The molecule has 1 rings (SSSR count). The fourth-order valence-corrected chi connectivity index (χ4v) is 1.69. The summed E-state index contributed by atoms with van der Waals surface area (Å²) in [7, 11) is 0. The van der Waals surface area contributed by atoms with Crippen molar-refractivity contribution in [1.82, 2.24) is 4.90 Å². The van der Waals surface area contributed by atoms with Crippen LogP contribution >= 0.6 is 0 Å². The van der Waals surface area contributed by atoms with Crippen molar-refractivity contribution in [3.05, 3.63) is 12.2 Å². The van der Waals surface area contributed by atoms with Gasteiger partial charge in [0.2, 0.25) is 0 Å². The van der Waals surface area contributed by atoms with Crippen LogP contribution in [-0.2, 0) is 0 Å². The summed E-state index contributed by atoms with van der Waals surface area (Å²) in [4.78, 5) is 2.38. The third-order valence-electron chi connectivity index (χ3n) is 2.52. The van der Waals surface area contributed by atoms with E-state index in [-0.39, 0.29) is 0 Å². The van der Waals surface area contributed by atoms with Gasteiger partial charge in [-0.2, -0.15) is 0 Å². The maximum atomic E-state index is 5.94. The topological polar surface area (TPSA) is 29.3 Å². The largest absolute Gasteiger partial charge is 0.326 e. The molecule has 0 aromatic carbocycles. The molecule has 1 aliphatic rings. The van der Waals surface area contributed by atoms with Gasteiger partial charge >= 0.3 is 0 Å². The summed E-state index contributed by atoms with van der Waals surface area (Å²) in [6.07, 6.45) is 0. The summed E-state index contributed by atoms with van der Waals surface area (Å²) < 4.78 is 0. The highest BCUT2D eigenvalue weighted by Crippen LogP contribution is 2.20. The molecule has 0 aliphatic carbocycles.